The number of nitrogens with zero attached hydrogens (tertiary/aromatic N) is 4. The van der Waals surface area contributed by atoms with Gasteiger partial charge in [-0.05, 0) is 61.8 Å². The van der Waals surface area contributed by atoms with Crippen LogP contribution in [0, 0.1) is 12.8 Å². The molecule has 7 nitrogen and oxygen atoms in total. The summed E-state index contributed by atoms with van der Waals surface area (Å²) in [4.78, 5) is 17.7. The van der Waals surface area contributed by atoms with Crippen LogP contribution in [-0.2, 0) is 12.6 Å². The molecule has 156 valence electrons. The summed E-state index contributed by atoms with van der Waals surface area (Å²) in [7, 11) is 1.93. The van der Waals surface area contributed by atoms with Gasteiger partial charge in [0.25, 0.3) is 5.91 Å². The number of hydrogen-bond acceptors (Lipinski definition) is 5. The third-order valence-electron chi connectivity index (χ3n) is 6.23. The van der Waals surface area contributed by atoms with Gasteiger partial charge in [-0.15, -0.1) is 0 Å². The summed E-state index contributed by atoms with van der Waals surface area (Å²) in [6.07, 6.45) is 7.38. The predicted molar refractivity (Wildman–Crippen MR) is 112 cm³/mol. The molecule has 2 aliphatic carbocycles. The quantitative estimate of drug-likeness (QED) is 0.639. The van der Waals surface area contributed by atoms with E-state index in [1.807, 2.05) is 36.9 Å². The maximum Gasteiger partial charge on any atom is 0.252 e. The van der Waals surface area contributed by atoms with Gasteiger partial charge in [0.1, 0.15) is 5.54 Å². The molecule has 5 rings (SSSR count). The SMILES string of the molecule is Cc1nc([C@](C)(CC2CC2)NC(=O)c2ccc(C3CC3)c(-c3ccnn3C)c2)no1. The molecule has 2 saturated carbocycles. The van der Waals surface area contributed by atoms with Crippen LogP contribution in [0.3, 0.4) is 0 Å². The molecule has 0 unspecified atom stereocenters. The molecule has 2 heterocycles. The first kappa shape index (κ1) is 19.0. The number of aryl methyl sites for hydroxylation is 2. The van der Waals surface area contributed by atoms with Crippen LogP contribution in [-0.4, -0.2) is 25.8 Å². The second kappa shape index (κ2) is 7.07. The Hall–Kier alpha value is -2.96. The molecule has 1 N–H and O–H groups in total. The summed E-state index contributed by atoms with van der Waals surface area (Å²) >= 11 is 0. The molecule has 0 saturated heterocycles. The molecular formula is C23H27N5O2. The van der Waals surface area contributed by atoms with Gasteiger partial charge < -0.3 is 9.84 Å². The fourth-order valence-electron chi connectivity index (χ4n) is 4.25. The van der Waals surface area contributed by atoms with Crippen molar-refractivity contribution >= 4 is 5.91 Å². The Balaban J connectivity index is 1.47. The van der Waals surface area contributed by atoms with Gasteiger partial charge in [0, 0.05) is 31.3 Å². The Kier molecular flexibility index (Phi) is 4.49. The average Bonchev–Trinajstić information content (AvgIpc) is 3.64. The van der Waals surface area contributed by atoms with Gasteiger partial charge in [-0.25, -0.2) is 0 Å². The van der Waals surface area contributed by atoms with Crippen LogP contribution in [0.15, 0.2) is 35.0 Å². The number of nitrogens with one attached hydrogen (secondary N) is 1. The number of amides is 1. The summed E-state index contributed by atoms with van der Waals surface area (Å²) in [5.41, 5.74) is 3.39. The average molecular weight is 406 g/mol. The first-order valence-corrected chi connectivity index (χ1v) is 10.7. The van der Waals surface area contributed by atoms with E-state index in [4.69, 9.17) is 4.52 Å². The fraction of sp³-hybridized carbons (Fsp3) is 0.478. The molecule has 1 amide bonds. The highest BCUT2D eigenvalue weighted by Gasteiger charge is 2.39. The van der Waals surface area contributed by atoms with Gasteiger partial charge in [0.05, 0.1) is 5.69 Å². The van der Waals surface area contributed by atoms with Gasteiger partial charge in [0.15, 0.2) is 5.82 Å². The summed E-state index contributed by atoms with van der Waals surface area (Å²) in [6, 6.07) is 8.04. The number of aromatic nitrogens is 4. The third-order valence-corrected chi connectivity index (χ3v) is 6.23. The maximum atomic E-state index is 13.3. The molecule has 30 heavy (non-hydrogen) atoms. The summed E-state index contributed by atoms with van der Waals surface area (Å²) in [5.74, 6) is 2.10. The smallest absolute Gasteiger partial charge is 0.252 e. The summed E-state index contributed by atoms with van der Waals surface area (Å²) < 4.78 is 7.07. The molecule has 3 aromatic rings. The molecule has 1 aromatic carbocycles. The Morgan fingerprint density at radius 2 is 2.07 bits per heavy atom. The topological polar surface area (TPSA) is 85.8 Å². The number of rotatable bonds is 7. The van der Waals surface area contributed by atoms with Gasteiger partial charge in [-0.2, -0.15) is 10.1 Å². The largest absolute Gasteiger partial charge is 0.340 e. The Morgan fingerprint density at radius 1 is 1.27 bits per heavy atom. The normalized spacial score (nSPS) is 18.2. The van der Waals surface area contributed by atoms with E-state index in [0.29, 0.717) is 29.1 Å². The van der Waals surface area contributed by atoms with Gasteiger partial charge >= 0.3 is 0 Å². The Bertz CT molecular complexity index is 1090. The molecule has 0 spiro atoms. The monoisotopic (exact) mass is 405 g/mol. The second-order valence-electron chi connectivity index (χ2n) is 8.99. The van der Waals surface area contributed by atoms with Crippen molar-refractivity contribution in [3.8, 4) is 11.3 Å². The summed E-state index contributed by atoms with van der Waals surface area (Å²) in [5, 5.41) is 11.7. The second-order valence-corrected chi connectivity index (χ2v) is 8.99. The van der Waals surface area contributed by atoms with E-state index < -0.39 is 5.54 Å². The third kappa shape index (κ3) is 3.64. The molecule has 0 bridgehead atoms. The van der Waals surface area contributed by atoms with Gasteiger partial charge in [-0.3, -0.25) is 9.48 Å². The molecule has 0 aliphatic heterocycles. The fourth-order valence-corrected chi connectivity index (χ4v) is 4.25. The lowest BCUT2D eigenvalue weighted by atomic mass is 9.92. The van der Waals surface area contributed by atoms with Crippen molar-refractivity contribution in [2.45, 2.75) is 57.4 Å². The number of carbonyl (C=O) groups is 1. The molecule has 1 atom stereocenters. The number of carbonyl (C=O) groups excluding carboxylic acids is 1. The first-order chi connectivity index (χ1) is 14.4. The standard InChI is InChI=1S/C23H27N5O2/c1-14-25-22(27-30-14)23(2,13-15-4-5-15)26-21(29)17-8-9-18(16-6-7-16)19(12-17)20-10-11-24-28(20)3/h8-12,15-16H,4-7,13H2,1-3H3,(H,26,29)/t23-/m0/s1. The van der Waals surface area contributed by atoms with Crippen LogP contribution in [0.5, 0.6) is 0 Å². The minimum Gasteiger partial charge on any atom is -0.340 e. The highest BCUT2D eigenvalue weighted by atomic mass is 16.5. The Labute approximate surface area is 175 Å². The van der Waals surface area contributed by atoms with Crippen molar-refractivity contribution in [2.75, 3.05) is 0 Å². The molecule has 7 heteroatoms. The van der Waals surface area contributed by atoms with Crippen molar-refractivity contribution in [3.63, 3.8) is 0 Å². The first-order valence-electron chi connectivity index (χ1n) is 10.7. The minimum atomic E-state index is -0.655. The van der Waals surface area contributed by atoms with Crippen LogP contribution in [0.1, 0.15) is 72.6 Å². The Morgan fingerprint density at radius 3 is 2.67 bits per heavy atom. The van der Waals surface area contributed by atoms with Gasteiger partial charge in [0.2, 0.25) is 5.89 Å². The van der Waals surface area contributed by atoms with Crippen LogP contribution in [0.2, 0.25) is 0 Å². The van der Waals surface area contributed by atoms with Crippen molar-refractivity contribution in [1.29, 1.82) is 0 Å². The lowest BCUT2D eigenvalue weighted by Crippen LogP contribution is -2.44. The van der Waals surface area contributed by atoms with Gasteiger partial charge in [-0.1, -0.05) is 24.1 Å². The van der Waals surface area contributed by atoms with Crippen molar-refractivity contribution in [2.24, 2.45) is 13.0 Å². The van der Waals surface area contributed by atoms with Crippen LogP contribution in [0.4, 0.5) is 0 Å². The zero-order valence-corrected chi connectivity index (χ0v) is 17.7. The van der Waals surface area contributed by atoms with Crippen LogP contribution < -0.4 is 5.32 Å². The number of benzene rings is 1. The van der Waals surface area contributed by atoms with Crippen LogP contribution >= 0.6 is 0 Å². The summed E-state index contributed by atoms with van der Waals surface area (Å²) in [6.45, 7) is 3.76. The van der Waals surface area contributed by atoms with E-state index in [9.17, 15) is 4.79 Å². The van der Waals surface area contributed by atoms with E-state index in [1.165, 1.54) is 31.2 Å². The van der Waals surface area contributed by atoms with Crippen molar-refractivity contribution in [1.82, 2.24) is 25.2 Å². The lowest BCUT2D eigenvalue weighted by Gasteiger charge is -2.28. The zero-order chi connectivity index (χ0) is 20.9. The lowest BCUT2D eigenvalue weighted by molar-refractivity contribution is 0.0890. The highest BCUT2D eigenvalue weighted by Crippen LogP contribution is 2.45. The minimum absolute atomic E-state index is 0.119. The maximum absolute atomic E-state index is 13.3. The molecule has 0 radical (unpaired) electrons. The van der Waals surface area contributed by atoms with Crippen molar-refractivity contribution in [3.05, 3.63) is 53.3 Å². The molecular weight excluding hydrogens is 378 g/mol. The van der Waals surface area contributed by atoms with Crippen molar-refractivity contribution < 1.29 is 9.32 Å². The number of hydrogen-bond donors (Lipinski definition) is 1. The van der Waals surface area contributed by atoms with E-state index in [-0.39, 0.29) is 5.91 Å². The highest BCUT2D eigenvalue weighted by molar-refractivity contribution is 5.96. The zero-order valence-electron chi connectivity index (χ0n) is 17.7. The molecule has 2 aliphatic rings. The van der Waals surface area contributed by atoms with E-state index in [0.717, 1.165) is 17.7 Å². The van der Waals surface area contributed by atoms with E-state index in [1.54, 1.807) is 13.1 Å². The van der Waals surface area contributed by atoms with Crippen LogP contribution in [0.25, 0.3) is 11.3 Å². The molecule has 2 aromatic heterocycles. The molecule has 2 fully saturated rings. The van der Waals surface area contributed by atoms with E-state index in [2.05, 4.69) is 26.6 Å². The predicted octanol–water partition coefficient (Wildman–Crippen LogP) is 4.10. The van der Waals surface area contributed by atoms with E-state index >= 15 is 0 Å².